The number of carbonyl (C=O) groups is 1. The van der Waals surface area contributed by atoms with Gasteiger partial charge in [-0.2, -0.15) is 5.10 Å². The maximum atomic E-state index is 11.9. The van der Waals surface area contributed by atoms with E-state index in [0.29, 0.717) is 25.3 Å². The summed E-state index contributed by atoms with van der Waals surface area (Å²) in [6.45, 7) is 10.7. The summed E-state index contributed by atoms with van der Waals surface area (Å²) in [6.07, 6.45) is 15.0. The summed E-state index contributed by atoms with van der Waals surface area (Å²) in [6, 6.07) is 0. The number of aromatic amines is 1. The van der Waals surface area contributed by atoms with E-state index in [0.717, 1.165) is 35.4 Å². The second-order valence-electron chi connectivity index (χ2n) is 6.68. The number of amides is 1. The Balaban J connectivity index is 0.00000249. The zero-order valence-corrected chi connectivity index (χ0v) is 19.9. The zero-order valence-electron chi connectivity index (χ0n) is 19.9. The Labute approximate surface area is 191 Å². The number of aliphatic hydroxyl groups excluding tert-OH is 1. The molecule has 0 unspecified atom stereocenters. The first kappa shape index (κ1) is 26.9. The predicted octanol–water partition coefficient (Wildman–Crippen LogP) is 3.99. The first-order chi connectivity index (χ1) is 15.7. The number of rotatable bonds is 11. The maximum absolute atomic E-state index is 11.9. The van der Waals surface area contributed by atoms with Gasteiger partial charge in [-0.05, 0) is 33.1 Å². The highest BCUT2D eigenvalue weighted by Gasteiger charge is 2.20. The molecule has 0 spiro atoms. The van der Waals surface area contributed by atoms with Crippen molar-refractivity contribution in [2.24, 2.45) is 0 Å². The molecule has 8 nitrogen and oxygen atoms in total. The average molecular weight is 441 g/mol. The highest BCUT2D eigenvalue weighted by atomic mass is 16.3. The third-order valence-corrected chi connectivity index (χ3v) is 4.48. The lowest BCUT2D eigenvalue weighted by atomic mass is 10.0. The standard InChI is InChI=1S/C22H30N6O2.C2H6/c1-4-7-10-17(9-5-2)21-20(22-24-15-23-16-25-22)18(26-27-21)11-8-13-28(12-6-3)19(30)14-29;1-2/h4-5,7,9-10,15-16,29H,6,8,11-14H2,1-3H3,(H,26,27);1-2H3/b7-4-,9-5-,17-10+;. The van der Waals surface area contributed by atoms with Crippen LogP contribution in [0, 0.1) is 0 Å². The Morgan fingerprint density at radius 2 is 1.88 bits per heavy atom. The van der Waals surface area contributed by atoms with Gasteiger partial charge in [-0.1, -0.05) is 51.2 Å². The highest BCUT2D eigenvalue weighted by molar-refractivity contribution is 5.83. The number of hydrogen-bond acceptors (Lipinski definition) is 6. The second kappa shape index (κ2) is 15.6. The molecule has 0 bridgehead atoms. The summed E-state index contributed by atoms with van der Waals surface area (Å²) in [5.74, 6) is 0.306. The van der Waals surface area contributed by atoms with Gasteiger partial charge >= 0.3 is 0 Å². The average Bonchev–Trinajstić information content (AvgIpc) is 3.26. The first-order valence-corrected chi connectivity index (χ1v) is 11.2. The summed E-state index contributed by atoms with van der Waals surface area (Å²) in [4.78, 5) is 26.2. The van der Waals surface area contributed by atoms with Crippen molar-refractivity contribution in [1.82, 2.24) is 30.0 Å². The predicted molar refractivity (Wildman–Crippen MR) is 129 cm³/mol. The molecule has 0 radical (unpaired) electrons. The molecule has 0 saturated carbocycles. The Hall–Kier alpha value is -3.13. The minimum Gasteiger partial charge on any atom is -0.387 e. The van der Waals surface area contributed by atoms with Gasteiger partial charge in [0.25, 0.3) is 0 Å². The Bertz CT molecular complexity index is 887. The number of aliphatic hydroxyl groups is 1. The Morgan fingerprint density at radius 3 is 2.47 bits per heavy atom. The van der Waals surface area contributed by atoms with Crippen LogP contribution in [0.1, 0.15) is 58.8 Å². The third kappa shape index (κ3) is 7.85. The molecule has 8 heteroatoms. The lowest BCUT2D eigenvalue weighted by Crippen LogP contribution is -2.35. The summed E-state index contributed by atoms with van der Waals surface area (Å²) >= 11 is 0. The van der Waals surface area contributed by atoms with E-state index in [4.69, 9.17) is 0 Å². The molecular weight excluding hydrogens is 404 g/mol. The van der Waals surface area contributed by atoms with Crippen LogP contribution >= 0.6 is 0 Å². The van der Waals surface area contributed by atoms with E-state index in [-0.39, 0.29) is 5.91 Å². The SMILES string of the molecule is CC.C\C=C/C=C(\C=C/C)c1n[nH]c(CCCN(CCC)C(=O)CO)c1-c1ncncn1. The molecule has 2 aromatic heterocycles. The minimum atomic E-state index is -0.466. The molecule has 0 aliphatic heterocycles. The van der Waals surface area contributed by atoms with Crippen LogP contribution in [0.3, 0.4) is 0 Å². The fourth-order valence-electron chi connectivity index (χ4n) is 3.15. The van der Waals surface area contributed by atoms with Gasteiger partial charge in [0, 0.05) is 24.4 Å². The highest BCUT2D eigenvalue weighted by Crippen LogP contribution is 2.29. The number of hydrogen-bond donors (Lipinski definition) is 2. The van der Waals surface area contributed by atoms with E-state index in [1.54, 1.807) is 4.90 Å². The van der Waals surface area contributed by atoms with Crippen LogP contribution in [0.2, 0.25) is 0 Å². The van der Waals surface area contributed by atoms with Gasteiger partial charge in [-0.3, -0.25) is 9.89 Å². The Morgan fingerprint density at radius 1 is 1.16 bits per heavy atom. The van der Waals surface area contributed by atoms with Crippen molar-refractivity contribution < 1.29 is 9.90 Å². The fourth-order valence-corrected chi connectivity index (χ4v) is 3.15. The summed E-state index contributed by atoms with van der Waals surface area (Å²) in [5.41, 5.74) is 3.45. The lowest BCUT2D eigenvalue weighted by molar-refractivity contribution is -0.134. The molecule has 2 aromatic rings. The smallest absolute Gasteiger partial charge is 0.248 e. The first-order valence-electron chi connectivity index (χ1n) is 11.2. The van der Waals surface area contributed by atoms with Crippen LogP contribution < -0.4 is 0 Å². The number of aromatic nitrogens is 5. The minimum absolute atomic E-state index is 0.246. The van der Waals surface area contributed by atoms with E-state index in [9.17, 15) is 9.90 Å². The summed E-state index contributed by atoms with van der Waals surface area (Å²) < 4.78 is 0. The van der Waals surface area contributed by atoms with E-state index in [1.165, 1.54) is 12.7 Å². The number of aryl methyl sites for hydroxylation is 1. The number of H-pyrrole nitrogens is 1. The van der Waals surface area contributed by atoms with Crippen molar-refractivity contribution in [3.05, 3.63) is 54.4 Å². The van der Waals surface area contributed by atoms with Gasteiger partial charge in [0.15, 0.2) is 5.82 Å². The number of allylic oxidation sites excluding steroid dienone is 6. The summed E-state index contributed by atoms with van der Waals surface area (Å²) in [5, 5.41) is 16.9. The van der Waals surface area contributed by atoms with Gasteiger partial charge in [0.2, 0.25) is 5.91 Å². The molecule has 174 valence electrons. The van der Waals surface area contributed by atoms with Crippen LogP contribution in [0.15, 0.2) is 43.0 Å². The molecule has 1 amide bonds. The molecule has 0 fully saturated rings. The van der Waals surface area contributed by atoms with E-state index in [2.05, 4.69) is 25.1 Å². The van der Waals surface area contributed by atoms with Crippen molar-refractivity contribution in [2.75, 3.05) is 19.7 Å². The number of nitrogens with one attached hydrogen (secondary N) is 1. The maximum Gasteiger partial charge on any atom is 0.248 e. The normalized spacial score (nSPS) is 11.6. The second-order valence-corrected chi connectivity index (χ2v) is 6.68. The van der Waals surface area contributed by atoms with Gasteiger partial charge in [-0.25, -0.2) is 15.0 Å². The van der Waals surface area contributed by atoms with Crippen molar-refractivity contribution >= 4 is 11.5 Å². The monoisotopic (exact) mass is 440 g/mol. The van der Waals surface area contributed by atoms with Crippen LogP contribution in [0.25, 0.3) is 17.0 Å². The molecule has 32 heavy (non-hydrogen) atoms. The molecule has 2 N–H and O–H groups in total. The van der Waals surface area contributed by atoms with Gasteiger partial charge < -0.3 is 10.0 Å². The number of nitrogens with zero attached hydrogens (tertiary/aromatic N) is 5. The van der Waals surface area contributed by atoms with Crippen molar-refractivity contribution in [3.63, 3.8) is 0 Å². The van der Waals surface area contributed by atoms with Crippen LogP contribution in [0.4, 0.5) is 0 Å². The molecular formula is C24H36N6O2. The quantitative estimate of drug-likeness (QED) is 0.512. The largest absolute Gasteiger partial charge is 0.387 e. The van der Waals surface area contributed by atoms with E-state index >= 15 is 0 Å². The van der Waals surface area contributed by atoms with Gasteiger partial charge in [0.1, 0.15) is 25.0 Å². The molecule has 0 aromatic carbocycles. The molecule has 2 heterocycles. The number of carbonyl (C=O) groups excluding carboxylic acids is 1. The van der Waals surface area contributed by atoms with Crippen molar-refractivity contribution in [3.8, 4) is 11.4 Å². The van der Waals surface area contributed by atoms with E-state index in [1.807, 2.05) is 65.0 Å². The topological polar surface area (TPSA) is 108 Å². The molecule has 2 rings (SSSR count). The van der Waals surface area contributed by atoms with Crippen molar-refractivity contribution in [2.45, 2.75) is 53.9 Å². The van der Waals surface area contributed by atoms with E-state index < -0.39 is 6.61 Å². The molecule has 0 aliphatic rings. The third-order valence-electron chi connectivity index (χ3n) is 4.48. The zero-order chi connectivity index (χ0) is 23.8. The lowest BCUT2D eigenvalue weighted by Gasteiger charge is -2.21. The summed E-state index contributed by atoms with van der Waals surface area (Å²) in [7, 11) is 0. The molecule has 0 saturated heterocycles. The fraction of sp³-hybridized carbons (Fsp3) is 0.458. The van der Waals surface area contributed by atoms with Crippen molar-refractivity contribution in [1.29, 1.82) is 0 Å². The van der Waals surface area contributed by atoms with Crippen LogP contribution in [0.5, 0.6) is 0 Å². The Kier molecular flexibility index (Phi) is 13.1. The van der Waals surface area contributed by atoms with Crippen LogP contribution in [-0.2, 0) is 11.2 Å². The molecule has 0 atom stereocenters. The molecule has 0 aliphatic carbocycles. The van der Waals surface area contributed by atoms with Gasteiger partial charge in [-0.15, -0.1) is 0 Å². The van der Waals surface area contributed by atoms with Gasteiger partial charge in [0.05, 0.1) is 5.56 Å². The van der Waals surface area contributed by atoms with Crippen LogP contribution in [-0.4, -0.2) is 60.8 Å².